The van der Waals surface area contributed by atoms with E-state index in [0.29, 0.717) is 12.3 Å². The van der Waals surface area contributed by atoms with E-state index < -0.39 is 15.3 Å². The molecule has 1 saturated heterocycles. The van der Waals surface area contributed by atoms with E-state index in [-0.39, 0.29) is 18.3 Å². The maximum absolute atomic E-state index is 11.5. The Labute approximate surface area is 151 Å². The van der Waals surface area contributed by atoms with Crippen LogP contribution in [0.15, 0.2) is 18.2 Å². The molecule has 0 spiro atoms. The molecule has 5 nitrogen and oxygen atoms in total. The summed E-state index contributed by atoms with van der Waals surface area (Å²) in [5.74, 6) is 0.317. The molecule has 2 aliphatic rings. The lowest BCUT2D eigenvalue weighted by molar-refractivity contribution is 0.00578. The third-order valence-electron chi connectivity index (χ3n) is 6.00. The molecule has 3 rings (SSSR count). The summed E-state index contributed by atoms with van der Waals surface area (Å²) in [4.78, 5) is 0. The van der Waals surface area contributed by atoms with Crippen LogP contribution in [0.1, 0.15) is 52.2 Å². The van der Waals surface area contributed by atoms with Crippen LogP contribution in [-0.4, -0.2) is 32.0 Å². The SMILES string of the molecule is CC(C[C@H]1Cc2ccc(B3OC(C)(C)C(C)(C)O3)cc2C1)S(N)(=O)=O. The predicted molar refractivity (Wildman–Crippen MR) is 100 cm³/mol. The maximum atomic E-state index is 11.5. The molecule has 0 radical (unpaired) electrons. The molecular formula is C18H28BNO4S. The number of primary sulfonamides is 1. The van der Waals surface area contributed by atoms with Crippen molar-refractivity contribution in [2.45, 2.75) is 70.3 Å². The molecule has 1 heterocycles. The fourth-order valence-corrected chi connectivity index (χ4v) is 4.17. The molecule has 1 fully saturated rings. The summed E-state index contributed by atoms with van der Waals surface area (Å²) in [5, 5.41) is 4.75. The van der Waals surface area contributed by atoms with Crippen molar-refractivity contribution in [3.63, 3.8) is 0 Å². The van der Waals surface area contributed by atoms with Gasteiger partial charge in [-0.1, -0.05) is 18.2 Å². The lowest BCUT2D eigenvalue weighted by Gasteiger charge is -2.32. The van der Waals surface area contributed by atoms with Gasteiger partial charge in [-0.3, -0.25) is 0 Å². The average Bonchev–Trinajstić information content (AvgIpc) is 2.94. The third kappa shape index (κ3) is 3.65. The number of hydrogen-bond acceptors (Lipinski definition) is 4. The molecule has 0 saturated carbocycles. The Bertz CT molecular complexity index is 759. The van der Waals surface area contributed by atoms with E-state index in [2.05, 4.69) is 18.2 Å². The van der Waals surface area contributed by atoms with Gasteiger partial charge >= 0.3 is 7.12 Å². The van der Waals surface area contributed by atoms with Gasteiger partial charge in [-0.25, -0.2) is 13.6 Å². The Kier molecular flexibility index (Phi) is 4.60. The van der Waals surface area contributed by atoms with Gasteiger partial charge in [0, 0.05) is 0 Å². The second-order valence-corrected chi connectivity index (χ2v) is 10.5. The molecule has 1 aliphatic heterocycles. The van der Waals surface area contributed by atoms with Gasteiger partial charge in [-0.05, 0) is 76.4 Å². The van der Waals surface area contributed by atoms with Crippen LogP contribution in [0, 0.1) is 5.92 Å². The number of fused-ring (bicyclic) bond motifs is 1. The van der Waals surface area contributed by atoms with Gasteiger partial charge in [0.2, 0.25) is 10.0 Å². The highest BCUT2D eigenvalue weighted by Crippen LogP contribution is 2.37. The summed E-state index contributed by atoms with van der Waals surface area (Å²) >= 11 is 0. The Morgan fingerprint density at radius 1 is 1.16 bits per heavy atom. The fourth-order valence-electron chi connectivity index (χ4n) is 3.63. The van der Waals surface area contributed by atoms with Crippen LogP contribution >= 0.6 is 0 Å². The standard InChI is InChI=1S/C18H28BNO4S/c1-12(25(20,21)22)8-13-9-14-6-7-16(11-15(14)10-13)19-23-17(2,3)18(4,5)24-19/h6-7,11-13H,8-10H2,1-5H3,(H2,20,21,22)/t12?,13-/m0/s1. The first-order valence-corrected chi connectivity index (χ1v) is 10.5. The molecule has 1 aliphatic carbocycles. The molecule has 1 unspecified atom stereocenters. The van der Waals surface area contributed by atoms with Crippen molar-refractivity contribution < 1.29 is 17.7 Å². The Hall–Kier alpha value is -0.885. The average molecular weight is 365 g/mol. The molecule has 7 heteroatoms. The highest BCUT2D eigenvalue weighted by atomic mass is 32.2. The summed E-state index contributed by atoms with van der Waals surface area (Å²) < 4.78 is 35.2. The smallest absolute Gasteiger partial charge is 0.399 e. The first-order valence-electron chi connectivity index (χ1n) is 8.88. The molecule has 2 N–H and O–H groups in total. The minimum Gasteiger partial charge on any atom is -0.399 e. The highest BCUT2D eigenvalue weighted by molar-refractivity contribution is 7.89. The molecule has 1 aromatic carbocycles. The topological polar surface area (TPSA) is 78.6 Å². The normalized spacial score (nSPS) is 25.8. The van der Waals surface area contributed by atoms with E-state index in [1.165, 1.54) is 11.1 Å². The molecule has 2 atom stereocenters. The number of rotatable bonds is 4. The van der Waals surface area contributed by atoms with E-state index >= 15 is 0 Å². The van der Waals surface area contributed by atoms with Gasteiger partial charge in [0.05, 0.1) is 16.5 Å². The first-order chi connectivity index (χ1) is 11.4. The summed E-state index contributed by atoms with van der Waals surface area (Å²) in [6.45, 7) is 9.88. The lowest BCUT2D eigenvalue weighted by Crippen LogP contribution is -2.41. The molecule has 1 aromatic rings. The van der Waals surface area contributed by atoms with Crippen LogP contribution in [0.3, 0.4) is 0 Å². The Morgan fingerprint density at radius 2 is 1.72 bits per heavy atom. The van der Waals surface area contributed by atoms with Gasteiger partial charge in [0.1, 0.15) is 0 Å². The van der Waals surface area contributed by atoms with Crippen LogP contribution in [0.5, 0.6) is 0 Å². The Balaban J connectivity index is 1.73. The quantitative estimate of drug-likeness (QED) is 0.825. The van der Waals surface area contributed by atoms with E-state index in [0.717, 1.165) is 18.3 Å². The summed E-state index contributed by atoms with van der Waals surface area (Å²) in [6.07, 6.45) is 2.38. The van der Waals surface area contributed by atoms with Crippen LogP contribution < -0.4 is 10.6 Å². The van der Waals surface area contributed by atoms with Crippen molar-refractivity contribution >= 4 is 22.6 Å². The number of benzene rings is 1. The van der Waals surface area contributed by atoms with Crippen molar-refractivity contribution in [2.75, 3.05) is 0 Å². The molecule has 0 amide bonds. The first kappa shape index (κ1) is 18.9. The van der Waals surface area contributed by atoms with E-state index in [1.54, 1.807) is 6.92 Å². The lowest BCUT2D eigenvalue weighted by atomic mass is 9.78. The van der Waals surface area contributed by atoms with Crippen LogP contribution in [0.2, 0.25) is 0 Å². The molecule has 0 aromatic heterocycles. The predicted octanol–water partition coefficient (Wildman–Crippen LogP) is 1.77. The minimum absolute atomic E-state index is 0.317. The van der Waals surface area contributed by atoms with Crippen molar-refractivity contribution in [3.8, 4) is 0 Å². The molecule has 25 heavy (non-hydrogen) atoms. The minimum atomic E-state index is -3.46. The van der Waals surface area contributed by atoms with Crippen molar-refractivity contribution in [1.82, 2.24) is 0 Å². The summed E-state index contributed by atoms with van der Waals surface area (Å²) in [7, 11) is -3.83. The van der Waals surface area contributed by atoms with E-state index in [9.17, 15) is 8.42 Å². The highest BCUT2D eigenvalue weighted by Gasteiger charge is 2.51. The Morgan fingerprint density at radius 3 is 2.28 bits per heavy atom. The van der Waals surface area contributed by atoms with Crippen molar-refractivity contribution in [3.05, 3.63) is 29.3 Å². The molecule has 0 bridgehead atoms. The fraction of sp³-hybridized carbons (Fsp3) is 0.667. The second-order valence-electron chi connectivity index (χ2n) is 8.53. The van der Waals surface area contributed by atoms with E-state index in [4.69, 9.17) is 14.4 Å². The zero-order valence-corrected chi connectivity index (χ0v) is 16.5. The largest absolute Gasteiger partial charge is 0.494 e. The number of nitrogens with two attached hydrogens (primary N) is 1. The van der Waals surface area contributed by atoms with E-state index in [1.807, 2.05) is 27.7 Å². The van der Waals surface area contributed by atoms with Crippen LogP contribution in [-0.2, 0) is 32.2 Å². The van der Waals surface area contributed by atoms with Gasteiger partial charge in [-0.15, -0.1) is 0 Å². The maximum Gasteiger partial charge on any atom is 0.494 e. The monoisotopic (exact) mass is 365 g/mol. The number of hydrogen-bond donors (Lipinski definition) is 1. The summed E-state index contributed by atoms with van der Waals surface area (Å²) in [6, 6.07) is 6.34. The summed E-state index contributed by atoms with van der Waals surface area (Å²) in [5.41, 5.74) is 2.86. The molecular weight excluding hydrogens is 337 g/mol. The van der Waals surface area contributed by atoms with Crippen LogP contribution in [0.25, 0.3) is 0 Å². The van der Waals surface area contributed by atoms with Crippen molar-refractivity contribution in [1.29, 1.82) is 0 Å². The zero-order chi connectivity index (χ0) is 18.6. The number of sulfonamides is 1. The van der Waals surface area contributed by atoms with Gasteiger partial charge in [-0.2, -0.15) is 0 Å². The molecule has 138 valence electrons. The van der Waals surface area contributed by atoms with Gasteiger partial charge in [0.15, 0.2) is 0 Å². The second kappa shape index (κ2) is 6.08. The van der Waals surface area contributed by atoms with Crippen molar-refractivity contribution in [2.24, 2.45) is 11.1 Å². The van der Waals surface area contributed by atoms with Gasteiger partial charge < -0.3 is 9.31 Å². The zero-order valence-electron chi connectivity index (χ0n) is 15.7. The van der Waals surface area contributed by atoms with Gasteiger partial charge in [0.25, 0.3) is 0 Å². The van der Waals surface area contributed by atoms with Crippen LogP contribution in [0.4, 0.5) is 0 Å². The third-order valence-corrected chi connectivity index (χ3v) is 7.31.